The second-order valence-corrected chi connectivity index (χ2v) is 6.27. The van der Waals surface area contributed by atoms with Gasteiger partial charge in [-0.2, -0.15) is 0 Å². The zero-order valence-corrected chi connectivity index (χ0v) is 13.1. The van der Waals surface area contributed by atoms with Gasteiger partial charge in [0.1, 0.15) is 0 Å². The lowest BCUT2D eigenvalue weighted by Crippen LogP contribution is -2.33. The van der Waals surface area contributed by atoms with Crippen LogP contribution in [0.2, 0.25) is 0 Å². The van der Waals surface area contributed by atoms with Gasteiger partial charge in [-0.05, 0) is 65.6 Å². The van der Waals surface area contributed by atoms with E-state index in [2.05, 4.69) is 34.4 Å². The van der Waals surface area contributed by atoms with Crippen molar-refractivity contribution in [1.29, 1.82) is 0 Å². The first-order chi connectivity index (χ1) is 8.60. The molecule has 0 amide bonds. The molecule has 1 heterocycles. The van der Waals surface area contributed by atoms with E-state index < -0.39 is 0 Å². The smallest absolute Gasteiger partial charge is 0.171 e. The molecule has 0 saturated carbocycles. The molecule has 1 N–H and O–H groups in total. The van der Waals surface area contributed by atoms with Crippen molar-refractivity contribution in [3.05, 3.63) is 21.3 Å². The number of rotatable bonds is 3. The van der Waals surface area contributed by atoms with Crippen LogP contribution in [0.15, 0.2) is 12.1 Å². The van der Waals surface area contributed by atoms with Crippen molar-refractivity contribution in [1.82, 2.24) is 4.90 Å². The average Bonchev–Trinajstić information content (AvgIpc) is 2.33. The second-order valence-electron chi connectivity index (χ2n) is 5.11. The van der Waals surface area contributed by atoms with Crippen molar-refractivity contribution >= 4 is 22.6 Å². The Labute approximate surface area is 122 Å². The monoisotopic (exact) mass is 361 g/mol. The largest absolute Gasteiger partial charge is 0.504 e. The van der Waals surface area contributed by atoms with E-state index >= 15 is 0 Å². The summed E-state index contributed by atoms with van der Waals surface area (Å²) in [5, 5.41) is 9.82. The maximum Gasteiger partial charge on any atom is 0.171 e. The Morgan fingerprint density at radius 1 is 1.50 bits per heavy atom. The molecule has 1 aliphatic heterocycles. The van der Waals surface area contributed by atoms with Gasteiger partial charge in [0.25, 0.3) is 0 Å². The van der Waals surface area contributed by atoms with Crippen molar-refractivity contribution in [2.45, 2.75) is 26.3 Å². The van der Waals surface area contributed by atoms with E-state index in [0.717, 1.165) is 16.0 Å². The molecule has 1 fully saturated rings. The molecule has 4 heteroatoms. The first kappa shape index (κ1) is 13.9. The summed E-state index contributed by atoms with van der Waals surface area (Å²) in [7, 11) is 1.60. The van der Waals surface area contributed by atoms with E-state index in [-0.39, 0.29) is 5.75 Å². The summed E-state index contributed by atoms with van der Waals surface area (Å²) in [5.74, 6) is 1.60. The minimum Gasteiger partial charge on any atom is -0.504 e. The fourth-order valence-corrected chi connectivity index (χ4v) is 3.23. The van der Waals surface area contributed by atoms with Crippen LogP contribution >= 0.6 is 22.6 Å². The Morgan fingerprint density at radius 2 is 2.28 bits per heavy atom. The Balaban J connectivity index is 2.11. The van der Waals surface area contributed by atoms with Crippen LogP contribution in [0, 0.1) is 9.49 Å². The summed E-state index contributed by atoms with van der Waals surface area (Å²) in [6.07, 6.45) is 2.63. The Morgan fingerprint density at radius 3 is 2.94 bits per heavy atom. The van der Waals surface area contributed by atoms with Crippen LogP contribution in [0.25, 0.3) is 0 Å². The van der Waals surface area contributed by atoms with E-state index in [1.54, 1.807) is 7.11 Å². The standard InChI is InChI=1S/C14H20INO2/c1-10-4-3-5-16(8-10)9-11-6-12(15)14(17)13(7-11)18-2/h6-7,10,17H,3-5,8-9H2,1-2H3. The van der Waals surface area contributed by atoms with E-state index in [1.165, 1.54) is 31.5 Å². The fourth-order valence-electron chi connectivity index (χ4n) is 2.56. The molecule has 0 aliphatic carbocycles. The molecule has 2 rings (SSSR count). The minimum absolute atomic E-state index is 0.244. The van der Waals surface area contributed by atoms with E-state index in [4.69, 9.17) is 4.74 Å². The first-order valence-corrected chi connectivity index (χ1v) is 7.45. The number of hydrogen-bond acceptors (Lipinski definition) is 3. The maximum atomic E-state index is 9.82. The lowest BCUT2D eigenvalue weighted by Gasteiger charge is -2.31. The molecule has 1 unspecified atom stereocenters. The molecule has 0 bridgehead atoms. The number of benzene rings is 1. The molecule has 3 nitrogen and oxygen atoms in total. The van der Waals surface area contributed by atoms with Crippen molar-refractivity contribution in [2.75, 3.05) is 20.2 Å². The number of piperidine rings is 1. The predicted octanol–water partition coefficient (Wildman–Crippen LogP) is 3.24. The van der Waals surface area contributed by atoms with Crippen LogP contribution in [0.1, 0.15) is 25.3 Å². The highest BCUT2D eigenvalue weighted by Crippen LogP contribution is 2.33. The van der Waals surface area contributed by atoms with Gasteiger partial charge in [-0.15, -0.1) is 0 Å². The zero-order valence-electron chi connectivity index (χ0n) is 10.9. The number of phenols is 1. The number of likely N-dealkylation sites (tertiary alicyclic amines) is 1. The number of nitrogens with zero attached hydrogens (tertiary/aromatic N) is 1. The van der Waals surface area contributed by atoms with E-state index in [9.17, 15) is 5.11 Å². The second kappa shape index (κ2) is 6.10. The minimum atomic E-state index is 0.244. The molecule has 0 spiro atoms. The van der Waals surface area contributed by atoms with Crippen LogP contribution in [-0.4, -0.2) is 30.2 Å². The lowest BCUT2D eigenvalue weighted by molar-refractivity contribution is 0.176. The van der Waals surface area contributed by atoms with Crippen molar-refractivity contribution in [2.24, 2.45) is 5.92 Å². The highest BCUT2D eigenvalue weighted by molar-refractivity contribution is 14.1. The molecule has 0 radical (unpaired) electrons. The number of ether oxygens (including phenoxy) is 1. The Hall–Kier alpha value is -0.490. The predicted molar refractivity (Wildman–Crippen MR) is 81.1 cm³/mol. The molecule has 0 aromatic heterocycles. The normalized spacial score (nSPS) is 20.9. The van der Waals surface area contributed by atoms with Gasteiger partial charge < -0.3 is 9.84 Å². The van der Waals surface area contributed by atoms with Crippen LogP contribution in [-0.2, 0) is 6.54 Å². The summed E-state index contributed by atoms with van der Waals surface area (Å²) >= 11 is 2.15. The lowest BCUT2D eigenvalue weighted by atomic mass is 10.00. The average molecular weight is 361 g/mol. The Kier molecular flexibility index (Phi) is 4.72. The summed E-state index contributed by atoms with van der Waals surface area (Å²) in [5.41, 5.74) is 1.21. The summed E-state index contributed by atoms with van der Waals surface area (Å²) in [4.78, 5) is 2.48. The van der Waals surface area contributed by atoms with Crippen LogP contribution < -0.4 is 4.74 Å². The number of halogens is 1. The molecule has 100 valence electrons. The third-order valence-electron chi connectivity index (χ3n) is 3.46. The van der Waals surface area contributed by atoms with E-state index in [1.807, 2.05) is 12.1 Å². The zero-order chi connectivity index (χ0) is 13.1. The van der Waals surface area contributed by atoms with Crippen molar-refractivity contribution in [3.8, 4) is 11.5 Å². The number of methoxy groups -OCH3 is 1. The van der Waals surface area contributed by atoms with Gasteiger partial charge in [-0.25, -0.2) is 0 Å². The fraction of sp³-hybridized carbons (Fsp3) is 0.571. The quantitative estimate of drug-likeness (QED) is 0.840. The third kappa shape index (κ3) is 3.29. The third-order valence-corrected chi connectivity index (χ3v) is 4.28. The van der Waals surface area contributed by atoms with Crippen molar-refractivity contribution < 1.29 is 9.84 Å². The summed E-state index contributed by atoms with van der Waals surface area (Å²) in [6, 6.07) is 3.98. The molecule has 1 aromatic rings. The van der Waals surface area contributed by atoms with E-state index in [0.29, 0.717) is 5.75 Å². The molecule has 1 saturated heterocycles. The Bertz CT molecular complexity index is 423. The van der Waals surface area contributed by atoms with Gasteiger partial charge in [-0.1, -0.05) is 6.92 Å². The SMILES string of the molecule is COc1cc(CN2CCCC(C)C2)cc(I)c1O. The molecule has 18 heavy (non-hydrogen) atoms. The van der Waals surface area contributed by atoms with Gasteiger partial charge in [0.05, 0.1) is 10.7 Å². The van der Waals surface area contributed by atoms with Gasteiger partial charge in [0, 0.05) is 13.1 Å². The highest BCUT2D eigenvalue weighted by Gasteiger charge is 2.17. The molecular formula is C14H20INO2. The molecule has 1 aromatic carbocycles. The van der Waals surface area contributed by atoms with Crippen molar-refractivity contribution in [3.63, 3.8) is 0 Å². The van der Waals surface area contributed by atoms with Gasteiger partial charge >= 0.3 is 0 Å². The van der Waals surface area contributed by atoms with Crippen LogP contribution in [0.4, 0.5) is 0 Å². The van der Waals surface area contributed by atoms with Gasteiger partial charge in [-0.3, -0.25) is 4.90 Å². The number of hydrogen-bond donors (Lipinski definition) is 1. The topological polar surface area (TPSA) is 32.7 Å². The van der Waals surface area contributed by atoms with Crippen LogP contribution in [0.5, 0.6) is 11.5 Å². The molecule has 1 atom stereocenters. The summed E-state index contributed by atoms with van der Waals surface area (Å²) in [6.45, 7) is 5.59. The molecule has 1 aliphatic rings. The highest BCUT2D eigenvalue weighted by atomic mass is 127. The van der Waals surface area contributed by atoms with Gasteiger partial charge in [0.15, 0.2) is 11.5 Å². The van der Waals surface area contributed by atoms with Gasteiger partial charge in [0.2, 0.25) is 0 Å². The first-order valence-electron chi connectivity index (χ1n) is 6.38. The van der Waals surface area contributed by atoms with Crippen LogP contribution in [0.3, 0.4) is 0 Å². The number of phenolic OH excluding ortho intramolecular Hbond substituents is 1. The maximum absolute atomic E-state index is 9.82. The summed E-state index contributed by atoms with van der Waals surface area (Å²) < 4.78 is 6.06. The number of aromatic hydroxyl groups is 1. The molecular weight excluding hydrogens is 341 g/mol.